The second kappa shape index (κ2) is 8.28. The number of hydrogen-bond donors (Lipinski definition) is 0. The lowest BCUT2D eigenvalue weighted by atomic mass is 9.99. The fourth-order valence-electron chi connectivity index (χ4n) is 2.67. The molecule has 0 aromatic heterocycles. The molecular formula is C16H24ClNO2. The van der Waals surface area contributed by atoms with Gasteiger partial charge < -0.3 is 9.64 Å². The molecule has 0 N–H and O–H groups in total. The van der Waals surface area contributed by atoms with Crippen LogP contribution in [0.4, 0.5) is 0 Å². The van der Waals surface area contributed by atoms with Gasteiger partial charge in [-0.25, -0.2) is 0 Å². The number of benzene rings is 1. The normalized spacial score (nSPS) is 19.2. The molecule has 112 valence electrons. The Kier molecular flexibility index (Phi) is 7.03. The molecule has 0 radical (unpaired) electrons. The van der Waals surface area contributed by atoms with Gasteiger partial charge in [-0.15, -0.1) is 12.4 Å². The van der Waals surface area contributed by atoms with Gasteiger partial charge in [0.25, 0.3) is 0 Å². The van der Waals surface area contributed by atoms with Crippen molar-refractivity contribution in [2.75, 3.05) is 26.7 Å². The highest BCUT2D eigenvalue weighted by Gasteiger charge is 2.17. The van der Waals surface area contributed by atoms with Crippen LogP contribution in [-0.4, -0.2) is 37.4 Å². The quantitative estimate of drug-likeness (QED) is 0.780. The minimum absolute atomic E-state index is 0. The van der Waals surface area contributed by atoms with Crippen molar-refractivity contribution in [3.05, 3.63) is 29.8 Å². The zero-order valence-electron chi connectivity index (χ0n) is 12.3. The van der Waals surface area contributed by atoms with E-state index in [0.29, 0.717) is 6.42 Å². The molecule has 0 saturated carbocycles. The standard InChI is InChI=1S/C16H23NO2.ClH/c1-13-4-3-10-17(12-13)11-9-16(18)14-5-7-15(19-2)8-6-14;/h5-8,13H,3-4,9-12H2,1-2H3;1H. The number of hydrogen-bond acceptors (Lipinski definition) is 3. The van der Waals surface area contributed by atoms with Gasteiger partial charge in [0.2, 0.25) is 0 Å². The third-order valence-electron chi connectivity index (χ3n) is 3.81. The summed E-state index contributed by atoms with van der Waals surface area (Å²) in [5.74, 6) is 1.78. The Hall–Kier alpha value is -1.06. The number of ketones is 1. The molecule has 0 spiro atoms. The minimum Gasteiger partial charge on any atom is -0.497 e. The topological polar surface area (TPSA) is 29.5 Å². The second-order valence-corrected chi connectivity index (χ2v) is 5.45. The number of carbonyl (C=O) groups is 1. The molecule has 1 aliphatic rings. The van der Waals surface area contributed by atoms with Crippen LogP contribution >= 0.6 is 12.4 Å². The number of methoxy groups -OCH3 is 1. The van der Waals surface area contributed by atoms with Crippen LogP contribution in [0.15, 0.2) is 24.3 Å². The van der Waals surface area contributed by atoms with Crippen molar-refractivity contribution in [1.82, 2.24) is 4.90 Å². The SMILES string of the molecule is COc1ccc(C(=O)CCN2CCCC(C)C2)cc1.Cl. The van der Waals surface area contributed by atoms with E-state index < -0.39 is 0 Å². The van der Waals surface area contributed by atoms with Crippen LogP contribution in [0.5, 0.6) is 5.75 Å². The molecule has 3 nitrogen and oxygen atoms in total. The third kappa shape index (κ3) is 4.80. The van der Waals surface area contributed by atoms with E-state index in [-0.39, 0.29) is 18.2 Å². The summed E-state index contributed by atoms with van der Waals surface area (Å²) in [5.41, 5.74) is 0.783. The van der Waals surface area contributed by atoms with E-state index in [1.54, 1.807) is 7.11 Å². The predicted octanol–water partition coefficient (Wildman–Crippen LogP) is 3.42. The summed E-state index contributed by atoms with van der Waals surface area (Å²) in [6, 6.07) is 7.38. The van der Waals surface area contributed by atoms with Crippen LogP contribution < -0.4 is 4.74 Å². The maximum atomic E-state index is 12.1. The van der Waals surface area contributed by atoms with Crippen molar-refractivity contribution in [3.8, 4) is 5.75 Å². The molecule has 0 amide bonds. The Bertz CT molecular complexity index is 419. The van der Waals surface area contributed by atoms with Crippen LogP contribution in [0.25, 0.3) is 0 Å². The number of halogens is 1. The summed E-state index contributed by atoms with van der Waals surface area (Å²) in [7, 11) is 1.63. The van der Waals surface area contributed by atoms with E-state index in [9.17, 15) is 4.79 Å². The first kappa shape index (κ1) is 17.0. The minimum atomic E-state index is 0. The number of piperidine rings is 1. The van der Waals surface area contributed by atoms with Gasteiger partial charge >= 0.3 is 0 Å². The molecule has 1 heterocycles. The molecule has 1 saturated heterocycles. The zero-order chi connectivity index (χ0) is 13.7. The van der Waals surface area contributed by atoms with Gasteiger partial charge in [-0.05, 0) is 49.6 Å². The van der Waals surface area contributed by atoms with Gasteiger partial charge in [0, 0.05) is 25.1 Å². The van der Waals surface area contributed by atoms with Gasteiger partial charge in [0.1, 0.15) is 5.75 Å². The summed E-state index contributed by atoms with van der Waals surface area (Å²) in [5, 5.41) is 0. The summed E-state index contributed by atoms with van der Waals surface area (Å²) >= 11 is 0. The molecule has 20 heavy (non-hydrogen) atoms. The van der Waals surface area contributed by atoms with E-state index >= 15 is 0 Å². The zero-order valence-corrected chi connectivity index (χ0v) is 13.1. The largest absolute Gasteiger partial charge is 0.497 e. The lowest BCUT2D eigenvalue weighted by molar-refractivity contribution is 0.0949. The Morgan fingerprint density at radius 3 is 2.65 bits per heavy atom. The molecule has 1 fully saturated rings. The van der Waals surface area contributed by atoms with Crippen molar-refractivity contribution in [3.63, 3.8) is 0 Å². The van der Waals surface area contributed by atoms with E-state index in [2.05, 4.69) is 11.8 Å². The molecule has 1 unspecified atom stereocenters. The molecule has 1 aromatic carbocycles. The Morgan fingerprint density at radius 1 is 1.35 bits per heavy atom. The molecule has 0 aliphatic carbocycles. The smallest absolute Gasteiger partial charge is 0.164 e. The molecule has 0 bridgehead atoms. The fourth-order valence-corrected chi connectivity index (χ4v) is 2.67. The number of rotatable bonds is 5. The third-order valence-corrected chi connectivity index (χ3v) is 3.81. The van der Waals surface area contributed by atoms with Gasteiger partial charge in [-0.1, -0.05) is 6.92 Å². The molecule has 2 rings (SSSR count). The summed E-state index contributed by atoms with van der Waals surface area (Å²) < 4.78 is 5.10. The first-order chi connectivity index (χ1) is 9.19. The Balaban J connectivity index is 0.00000200. The Morgan fingerprint density at radius 2 is 2.05 bits per heavy atom. The fraction of sp³-hybridized carbons (Fsp3) is 0.562. The number of Topliss-reactive ketones (excluding diaryl/α,β-unsaturated/α-hetero) is 1. The predicted molar refractivity (Wildman–Crippen MR) is 84.0 cm³/mol. The number of likely N-dealkylation sites (tertiary alicyclic amines) is 1. The lowest BCUT2D eigenvalue weighted by Crippen LogP contribution is -2.35. The molecule has 1 aliphatic heterocycles. The van der Waals surface area contributed by atoms with E-state index in [1.165, 1.54) is 12.8 Å². The van der Waals surface area contributed by atoms with Crippen molar-refractivity contribution in [2.45, 2.75) is 26.2 Å². The van der Waals surface area contributed by atoms with Gasteiger partial charge in [0.05, 0.1) is 7.11 Å². The molecule has 1 aromatic rings. The summed E-state index contributed by atoms with van der Waals surface area (Å²) in [6.07, 6.45) is 3.19. The highest BCUT2D eigenvalue weighted by atomic mass is 35.5. The van der Waals surface area contributed by atoms with E-state index in [0.717, 1.165) is 36.9 Å². The van der Waals surface area contributed by atoms with Gasteiger partial charge in [0.15, 0.2) is 5.78 Å². The van der Waals surface area contributed by atoms with Crippen molar-refractivity contribution in [2.24, 2.45) is 5.92 Å². The summed E-state index contributed by atoms with van der Waals surface area (Å²) in [6.45, 7) is 5.45. The van der Waals surface area contributed by atoms with Crippen LogP contribution in [0.1, 0.15) is 36.5 Å². The maximum Gasteiger partial charge on any atom is 0.164 e. The van der Waals surface area contributed by atoms with Crippen LogP contribution in [0.3, 0.4) is 0 Å². The van der Waals surface area contributed by atoms with Gasteiger partial charge in [-0.3, -0.25) is 4.79 Å². The van der Waals surface area contributed by atoms with Crippen LogP contribution in [-0.2, 0) is 0 Å². The molecular weight excluding hydrogens is 274 g/mol. The highest BCUT2D eigenvalue weighted by Crippen LogP contribution is 2.17. The van der Waals surface area contributed by atoms with E-state index in [4.69, 9.17) is 4.74 Å². The first-order valence-electron chi connectivity index (χ1n) is 7.08. The number of nitrogens with zero attached hydrogens (tertiary/aromatic N) is 1. The average Bonchev–Trinajstić information content (AvgIpc) is 2.45. The van der Waals surface area contributed by atoms with Crippen molar-refractivity contribution < 1.29 is 9.53 Å². The maximum absolute atomic E-state index is 12.1. The average molecular weight is 298 g/mol. The summed E-state index contributed by atoms with van der Waals surface area (Å²) in [4.78, 5) is 14.5. The van der Waals surface area contributed by atoms with Crippen LogP contribution in [0, 0.1) is 5.92 Å². The van der Waals surface area contributed by atoms with Crippen molar-refractivity contribution >= 4 is 18.2 Å². The molecule has 1 atom stereocenters. The molecule has 4 heteroatoms. The van der Waals surface area contributed by atoms with E-state index in [1.807, 2.05) is 24.3 Å². The Labute approximate surface area is 127 Å². The van der Waals surface area contributed by atoms with Crippen molar-refractivity contribution in [1.29, 1.82) is 0 Å². The van der Waals surface area contributed by atoms with Gasteiger partial charge in [-0.2, -0.15) is 0 Å². The van der Waals surface area contributed by atoms with Crippen LogP contribution in [0.2, 0.25) is 0 Å². The lowest BCUT2D eigenvalue weighted by Gasteiger charge is -2.30. The second-order valence-electron chi connectivity index (χ2n) is 5.45. The number of carbonyl (C=O) groups excluding carboxylic acids is 1. The monoisotopic (exact) mass is 297 g/mol. The highest BCUT2D eigenvalue weighted by molar-refractivity contribution is 5.96. The number of ether oxygens (including phenoxy) is 1. The first-order valence-corrected chi connectivity index (χ1v) is 7.08.